The molecule has 1 aromatic rings. The number of nitrogens with zero attached hydrogens (tertiary/aromatic N) is 2. The van der Waals surface area contributed by atoms with Crippen LogP contribution in [-0.2, 0) is 6.42 Å². The van der Waals surface area contributed by atoms with Crippen molar-refractivity contribution in [3.05, 3.63) is 11.7 Å². The van der Waals surface area contributed by atoms with E-state index in [0.717, 1.165) is 19.5 Å². The number of hydrogen-bond acceptors (Lipinski definition) is 5. The Balaban J connectivity index is 1.71. The van der Waals surface area contributed by atoms with Crippen LogP contribution in [0.4, 0.5) is 0 Å². The molecule has 90 valence electrons. The molecule has 5 heteroatoms. The standard InChI is InChI=1S/C11H20N4O/c1-8-14-11(16-15-8)5-6-13-10-4-2-3-9(10)7-12/h9-10,13H,2-7,12H2,1H3. The predicted octanol–water partition coefficient (Wildman–Crippen LogP) is 0.638. The molecule has 1 aromatic heterocycles. The lowest BCUT2D eigenvalue weighted by Gasteiger charge is -2.18. The molecule has 0 bridgehead atoms. The van der Waals surface area contributed by atoms with E-state index in [1.807, 2.05) is 6.92 Å². The Bertz CT molecular complexity index is 326. The molecular weight excluding hydrogens is 204 g/mol. The minimum atomic E-state index is 0.578. The largest absolute Gasteiger partial charge is 0.339 e. The minimum Gasteiger partial charge on any atom is -0.339 e. The van der Waals surface area contributed by atoms with E-state index in [-0.39, 0.29) is 0 Å². The zero-order chi connectivity index (χ0) is 11.4. The van der Waals surface area contributed by atoms with Gasteiger partial charge in [0.15, 0.2) is 5.82 Å². The Morgan fingerprint density at radius 3 is 3.06 bits per heavy atom. The summed E-state index contributed by atoms with van der Waals surface area (Å²) < 4.78 is 5.06. The van der Waals surface area contributed by atoms with Gasteiger partial charge < -0.3 is 15.6 Å². The first-order valence-corrected chi connectivity index (χ1v) is 6.02. The molecule has 0 aromatic carbocycles. The average molecular weight is 224 g/mol. The normalized spacial score (nSPS) is 25.1. The number of nitrogens with one attached hydrogen (secondary N) is 1. The van der Waals surface area contributed by atoms with Crippen molar-refractivity contribution in [3.63, 3.8) is 0 Å². The first-order valence-electron chi connectivity index (χ1n) is 6.02. The van der Waals surface area contributed by atoms with Crippen LogP contribution in [0, 0.1) is 12.8 Å². The van der Waals surface area contributed by atoms with Gasteiger partial charge in [-0.25, -0.2) is 0 Å². The van der Waals surface area contributed by atoms with Gasteiger partial charge in [0.2, 0.25) is 5.89 Å². The molecule has 0 spiro atoms. The molecule has 2 rings (SSSR count). The summed E-state index contributed by atoms with van der Waals surface area (Å²) in [5.74, 6) is 2.06. The second-order valence-corrected chi connectivity index (χ2v) is 4.47. The van der Waals surface area contributed by atoms with E-state index in [1.165, 1.54) is 19.3 Å². The maximum absolute atomic E-state index is 5.73. The van der Waals surface area contributed by atoms with Gasteiger partial charge in [-0.15, -0.1) is 0 Å². The summed E-state index contributed by atoms with van der Waals surface area (Å²) in [5, 5.41) is 7.30. The minimum absolute atomic E-state index is 0.578. The molecule has 1 fully saturated rings. The van der Waals surface area contributed by atoms with Gasteiger partial charge in [-0.2, -0.15) is 4.98 Å². The van der Waals surface area contributed by atoms with E-state index in [0.29, 0.717) is 23.7 Å². The van der Waals surface area contributed by atoms with Crippen molar-refractivity contribution in [2.24, 2.45) is 11.7 Å². The highest BCUT2D eigenvalue weighted by Gasteiger charge is 2.25. The lowest BCUT2D eigenvalue weighted by molar-refractivity contribution is 0.359. The lowest BCUT2D eigenvalue weighted by Crippen LogP contribution is -2.37. The van der Waals surface area contributed by atoms with Crippen LogP contribution >= 0.6 is 0 Å². The monoisotopic (exact) mass is 224 g/mol. The van der Waals surface area contributed by atoms with Crippen LogP contribution in [0.25, 0.3) is 0 Å². The van der Waals surface area contributed by atoms with Crippen LogP contribution in [0.5, 0.6) is 0 Å². The van der Waals surface area contributed by atoms with Crippen molar-refractivity contribution in [1.82, 2.24) is 15.5 Å². The zero-order valence-corrected chi connectivity index (χ0v) is 9.78. The SMILES string of the molecule is Cc1noc(CCNC2CCCC2CN)n1. The van der Waals surface area contributed by atoms with Crippen molar-refractivity contribution in [2.75, 3.05) is 13.1 Å². The molecule has 3 N–H and O–H groups in total. The third-order valence-corrected chi connectivity index (χ3v) is 3.28. The second kappa shape index (κ2) is 5.41. The van der Waals surface area contributed by atoms with Gasteiger partial charge in [0.25, 0.3) is 0 Å². The van der Waals surface area contributed by atoms with Crippen molar-refractivity contribution in [3.8, 4) is 0 Å². The fourth-order valence-corrected chi connectivity index (χ4v) is 2.39. The molecule has 2 unspecified atom stereocenters. The van der Waals surface area contributed by atoms with E-state index >= 15 is 0 Å². The molecule has 1 aliphatic carbocycles. The van der Waals surface area contributed by atoms with Crippen LogP contribution in [0.1, 0.15) is 31.0 Å². The molecule has 0 saturated heterocycles. The fourth-order valence-electron chi connectivity index (χ4n) is 2.39. The summed E-state index contributed by atoms with van der Waals surface area (Å²) >= 11 is 0. The second-order valence-electron chi connectivity index (χ2n) is 4.47. The van der Waals surface area contributed by atoms with Gasteiger partial charge in [0.1, 0.15) is 0 Å². The van der Waals surface area contributed by atoms with E-state index in [2.05, 4.69) is 15.5 Å². The Labute approximate surface area is 95.8 Å². The molecule has 2 atom stereocenters. The summed E-state index contributed by atoms with van der Waals surface area (Å²) in [4.78, 5) is 4.17. The maximum atomic E-state index is 5.73. The summed E-state index contributed by atoms with van der Waals surface area (Å²) in [7, 11) is 0. The molecule has 0 radical (unpaired) electrons. The molecule has 0 aliphatic heterocycles. The molecule has 0 amide bonds. The molecule has 1 aliphatic rings. The van der Waals surface area contributed by atoms with Crippen LogP contribution in [0.15, 0.2) is 4.52 Å². The van der Waals surface area contributed by atoms with Gasteiger partial charge in [0, 0.05) is 19.0 Å². The Morgan fingerprint density at radius 1 is 1.50 bits per heavy atom. The highest BCUT2D eigenvalue weighted by atomic mass is 16.5. The number of hydrogen-bond donors (Lipinski definition) is 2. The van der Waals surface area contributed by atoms with Crippen LogP contribution in [0.2, 0.25) is 0 Å². The van der Waals surface area contributed by atoms with Crippen molar-refractivity contribution >= 4 is 0 Å². The number of aryl methyl sites for hydroxylation is 1. The average Bonchev–Trinajstić information content (AvgIpc) is 2.87. The summed E-state index contributed by atoms with van der Waals surface area (Å²) in [6.45, 7) is 3.52. The smallest absolute Gasteiger partial charge is 0.227 e. The van der Waals surface area contributed by atoms with Gasteiger partial charge in [-0.05, 0) is 32.2 Å². The van der Waals surface area contributed by atoms with Crippen molar-refractivity contribution in [1.29, 1.82) is 0 Å². The highest BCUT2D eigenvalue weighted by molar-refractivity contribution is 4.87. The van der Waals surface area contributed by atoms with Crippen molar-refractivity contribution in [2.45, 2.75) is 38.6 Å². The van der Waals surface area contributed by atoms with E-state index in [4.69, 9.17) is 10.3 Å². The molecular formula is C11H20N4O. The Morgan fingerprint density at radius 2 is 2.38 bits per heavy atom. The van der Waals surface area contributed by atoms with Gasteiger partial charge in [-0.1, -0.05) is 11.6 Å². The molecule has 1 saturated carbocycles. The molecule has 5 nitrogen and oxygen atoms in total. The third kappa shape index (κ3) is 2.80. The zero-order valence-electron chi connectivity index (χ0n) is 9.78. The topological polar surface area (TPSA) is 77.0 Å². The third-order valence-electron chi connectivity index (χ3n) is 3.28. The van der Waals surface area contributed by atoms with Gasteiger partial charge in [0.05, 0.1) is 0 Å². The summed E-state index contributed by atoms with van der Waals surface area (Å²) in [6, 6.07) is 0.578. The molecule has 1 heterocycles. The summed E-state index contributed by atoms with van der Waals surface area (Å²) in [5.41, 5.74) is 5.73. The van der Waals surface area contributed by atoms with Gasteiger partial charge in [-0.3, -0.25) is 0 Å². The van der Waals surface area contributed by atoms with E-state index < -0.39 is 0 Å². The van der Waals surface area contributed by atoms with E-state index in [9.17, 15) is 0 Å². The predicted molar refractivity (Wildman–Crippen MR) is 60.9 cm³/mol. The van der Waals surface area contributed by atoms with Gasteiger partial charge >= 0.3 is 0 Å². The van der Waals surface area contributed by atoms with E-state index in [1.54, 1.807) is 0 Å². The van der Waals surface area contributed by atoms with Crippen LogP contribution in [-0.4, -0.2) is 29.3 Å². The Hall–Kier alpha value is -0.940. The Kier molecular flexibility index (Phi) is 3.90. The number of nitrogens with two attached hydrogens (primary N) is 1. The first kappa shape index (κ1) is 11.5. The molecule has 16 heavy (non-hydrogen) atoms. The first-order chi connectivity index (χ1) is 7.79. The van der Waals surface area contributed by atoms with Crippen LogP contribution in [0.3, 0.4) is 0 Å². The van der Waals surface area contributed by atoms with Crippen molar-refractivity contribution < 1.29 is 4.52 Å². The maximum Gasteiger partial charge on any atom is 0.227 e. The lowest BCUT2D eigenvalue weighted by atomic mass is 10.0. The summed E-state index contributed by atoms with van der Waals surface area (Å²) in [6.07, 6.45) is 4.59. The van der Waals surface area contributed by atoms with Crippen LogP contribution < -0.4 is 11.1 Å². The number of rotatable bonds is 5. The fraction of sp³-hybridized carbons (Fsp3) is 0.818. The highest BCUT2D eigenvalue weighted by Crippen LogP contribution is 2.24. The quantitative estimate of drug-likeness (QED) is 0.767. The number of aromatic nitrogens is 2.